The molecular formula is C53H100N16O13. The van der Waals surface area contributed by atoms with Gasteiger partial charge in [0, 0.05) is 13.0 Å². The minimum atomic E-state index is -1.69. The molecule has 23 N–H and O–H groups in total. The highest BCUT2D eigenvalue weighted by molar-refractivity contribution is 5.99. The van der Waals surface area contributed by atoms with Crippen LogP contribution in [0, 0.1) is 17.8 Å². The van der Waals surface area contributed by atoms with Crippen LogP contribution < -0.4 is 87.2 Å². The van der Waals surface area contributed by atoms with Crippen molar-refractivity contribution in [3.63, 3.8) is 0 Å². The number of hydrogen-bond donors (Lipinski definition) is 18. The van der Waals surface area contributed by atoms with Crippen LogP contribution in [0.25, 0.3) is 0 Å². The Labute approximate surface area is 482 Å². The van der Waals surface area contributed by atoms with E-state index in [1.165, 1.54) is 13.8 Å². The lowest BCUT2D eigenvalue weighted by molar-refractivity contribution is -0.137. The van der Waals surface area contributed by atoms with E-state index < -0.39 is 151 Å². The monoisotopic (exact) mass is 1170 g/mol. The number of rotatable bonds is 29. The molecule has 0 radical (unpaired) electrons. The first-order valence-corrected chi connectivity index (χ1v) is 28.8. The molecule has 1 aliphatic heterocycles. The second-order valence-corrected chi connectivity index (χ2v) is 22.0. The van der Waals surface area contributed by atoms with Crippen molar-refractivity contribution >= 4 is 65.0 Å². The van der Waals surface area contributed by atoms with Gasteiger partial charge in [-0.15, -0.1) is 0 Å². The molecule has 1 heterocycles. The van der Waals surface area contributed by atoms with Gasteiger partial charge in [0.05, 0.1) is 12.2 Å². The van der Waals surface area contributed by atoms with E-state index in [0.29, 0.717) is 12.3 Å². The first-order valence-electron chi connectivity index (χ1n) is 28.8. The lowest BCUT2D eigenvalue weighted by Gasteiger charge is -2.29. The number of carbonyl (C=O) groups is 11. The molecule has 0 aromatic carbocycles. The largest absolute Gasteiger partial charge is 0.391 e. The molecule has 1 rings (SSSR count). The summed E-state index contributed by atoms with van der Waals surface area (Å²) in [5, 5.41) is 49.5. The number of aliphatic hydroxyl groups is 2. The summed E-state index contributed by atoms with van der Waals surface area (Å²) < 4.78 is 0. The van der Waals surface area contributed by atoms with Crippen LogP contribution >= 0.6 is 0 Å². The zero-order chi connectivity index (χ0) is 62.2. The number of nitrogens with two attached hydrogens (primary N) is 5. The molecule has 11 amide bonds. The van der Waals surface area contributed by atoms with E-state index in [0.717, 1.165) is 19.3 Å². The van der Waals surface area contributed by atoms with Crippen LogP contribution in [0.5, 0.6) is 0 Å². The number of carbonyl (C=O) groups excluding carboxylic acids is 11. The van der Waals surface area contributed by atoms with Gasteiger partial charge >= 0.3 is 0 Å². The molecule has 0 aromatic heterocycles. The van der Waals surface area contributed by atoms with Gasteiger partial charge in [-0.25, -0.2) is 0 Å². The van der Waals surface area contributed by atoms with Crippen LogP contribution in [0.3, 0.4) is 0 Å². The topological polar surface area (TPSA) is 491 Å². The molecule has 13 atom stereocenters. The summed E-state index contributed by atoms with van der Waals surface area (Å²) >= 11 is 0. The lowest BCUT2D eigenvalue weighted by atomic mass is 9.99. The van der Waals surface area contributed by atoms with Crippen LogP contribution in [0.1, 0.15) is 139 Å². The van der Waals surface area contributed by atoms with E-state index in [4.69, 9.17) is 28.7 Å². The first-order chi connectivity index (χ1) is 38.7. The van der Waals surface area contributed by atoms with Crippen molar-refractivity contribution in [2.75, 3.05) is 39.3 Å². The summed E-state index contributed by atoms with van der Waals surface area (Å²) in [4.78, 5) is 153. The standard InChI is InChI=1S/C53H100N16O13/c1-9-30(6)12-10-11-13-41(72)60-33(14-20-54)48(77)69-43(32(8)71)53(82)65-36(17-23-57)45(74)64-38-19-25-59-52(81)42(31(7)70)68-49(78)37(18-24-58)62-44(73)34(15-21-55)63-50(79)39(26-28(2)3)67-51(80)40(27-29(4)5)66-46(75)35(16-22-56)61-47(38)76/h28-40,42-43,70-71H,9-27,54-58H2,1-8H3,(H,59,81)(H,60,72)(H,61,76)(H,62,73)(H,63,79)(H,64,74)(H,65,82)(H,66,75)(H,67,80)(H,68,78)(H,69,77)/t30?,31-,32-,33+,34+,35+,36+,37+,38+,39+,40-,42+,43+/m1/s1. The molecule has 0 spiro atoms. The summed E-state index contributed by atoms with van der Waals surface area (Å²) in [5.41, 5.74) is 29.2. The van der Waals surface area contributed by atoms with Crippen molar-refractivity contribution in [3.05, 3.63) is 0 Å². The fourth-order valence-corrected chi connectivity index (χ4v) is 8.76. The third-order valence-electron chi connectivity index (χ3n) is 13.7. The number of amides is 11. The second-order valence-electron chi connectivity index (χ2n) is 22.0. The normalized spacial score (nSPS) is 23.4. The first kappa shape index (κ1) is 73.9. The van der Waals surface area contributed by atoms with Gasteiger partial charge in [-0.3, -0.25) is 52.7 Å². The molecule has 82 heavy (non-hydrogen) atoms. The van der Waals surface area contributed by atoms with Gasteiger partial charge in [0.2, 0.25) is 65.0 Å². The van der Waals surface area contributed by atoms with Crippen LogP contribution in [0.4, 0.5) is 0 Å². The van der Waals surface area contributed by atoms with Crippen LogP contribution in [-0.4, -0.2) is 187 Å². The van der Waals surface area contributed by atoms with E-state index in [2.05, 4.69) is 72.3 Å². The molecule has 470 valence electrons. The Hall–Kier alpha value is -6.11. The van der Waals surface area contributed by atoms with Gasteiger partial charge in [-0.2, -0.15) is 0 Å². The molecule has 0 aliphatic carbocycles. The number of unbranched alkanes of at least 4 members (excludes halogenated alkanes) is 1. The lowest BCUT2D eigenvalue weighted by Crippen LogP contribution is -2.62. The molecule has 0 saturated carbocycles. The summed E-state index contributed by atoms with van der Waals surface area (Å²) in [6, 6.07) is -14.5. The summed E-state index contributed by atoms with van der Waals surface area (Å²) in [7, 11) is 0. The quantitative estimate of drug-likeness (QED) is 0.0311. The molecular weight excluding hydrogens is 1070 g/mol. The molecule has 1 saturated heterocycles. The maximum absolute atomic E-state index is 14.4. The SMILES string of the molecule is CCC(C)CCCCC(=O)N[C@@H](CCN)C(=O)N[C@H](C(=O)N[C@@H](CCN)C(=O)N[C@H]1CCNC(=O)[C@H]([C@@H](C)O)NC(=O)[C@H](CCN)NC(=O)[C@H](CCN)NC(=O)[C@H](CC(C)C)NC(=O)[C@@H](CC(C)C)NC(=O)[C@H](CCN)NC1=O)[C@@H](C)O. The maximum atomic E-state index is 14.4. The average Bonchev–Trinajstić information content (AvgIpc) is 3.41. The Bertz CT molecular complexity index is 2070. The number of aliphatic hydroxyl groups excluding tert-OH is 2. The highest BCUT2D eigenvalue weighted by Crippen LogP contribution is 2.14. The van der Waals surface area contributed by atoms with Crippen LogP contribution in [-0.2, 0) is 52.7 Å². The molecule has 0 bridgehead atoms. The smallest absolute Gasteiger partial charge is 0.245 e. The van der Waals surface area contributed by atoms with Gasteiger partial charge in [0.25, 0.3) is 0 Å². The van der Waals surface area contributed by atoms with E-state index in [1.807, 2.05) is 0 Å². The Kier molecular flexibility index (Phi) is 35.5. The van der Waals surface area contributed by atoms with Gasteiger partial charge in [0.1, 0.15) is 60.4 Å². The fraction of sp³-hybridized carbons (Fsp3) is 0.792. The highest BCUT2D eigenvalue weighted by Gasteiger charge is 2.37. The fourth-order valence-electron chi connectivity index (χ4n) is 8.76. The molecule has 0 aromatic rings. The van der Waals surface area contributed by atoms with Crippen molar-refractivity contribution < 1.29 is 63.0 Å². The van der Waals surface area contributed by atoms with Crippen molar-refractivity contribution in [1.82, 2.24) is 58.5 Å². The molecule has 1 aliphatic rings. The summed E-state index contributed by atoms with van der Waals surface area (Å²) in [5.74, 6) is -9.49. The third-order valence-corrected chi connectivity index (χ3v) is 13.7. The van der Waals surface area contributed by atoms with Gasteiger partial charge in [-0.05, 0) is 122 Å². The van der Waals surface area contributed by atoms with Crippen LogP contribution in [0.2, 0.25) is 0 Å². The van der Waals surface area contributed by atoms with Crippen LogP contribution in [0.15, 0.2) is 0 Å². The predicted octanol–water partition coefficient (Wildman–Crippen LogP) is -5.44. The van der Waals surface area contributed by atoms with Gasteiger partial charge in [0.15, 0.2) is 0 Å². The van der Waals surface area contributed by atoms with Crippen molar-refractivity contribution in [1.29, 1.82) is 0 Å². The Morgan fingerprint density at radius 2 is 0.963 bits per heavy atom. The molecule has 1 fully saturated rings. The molecule has 29 nitrogen and oxygen atoms in total. The molecule has 29 heteroatoms. The number of hydrogen-bond acceptors (Lipinski definition) is 18. The predicted molar refractivity (Wildman–Crippen MR) is 305 cm³/mol. The van der Waals surface area contributed by atoms with E-state index in [1.54, 1.807) is 27.7 Å². The van der Waals surface area contributed by atoms with Crippen molar-refractivity contribution in [2.24, 2.45) is 46.4 Å². The van der Waals surface area contributed by atoms with E-state index in [-0.39, 0.29) is 95.9 Å². The Balaban J connectivity index is 3.81. The summed E-state index contributed by atoms with van der Waals surface area (Å²) in [6.07, 6.45) is -0.760. The zero-order valence-corrected chi connectivity index (χ0v) is 49.4. The number of nitrogens with one attached hydrogen (secondary N) is 11. The van der Waals surface area contributed by atoms with Gasteiger partial charge < -0.3 is 97.4 Å². The minimum absolute atomic E-state index is 0.0131. The Morgan fingerprint density at radius 3 is 1.39 bits per heavy atom. The Morgan fingerprint density at radius 1 is 0.524 bits per heavy atom. The van der Waals surface area contributed by atoms with Gasteiger partial charge in [-0.1, -0.05) is 60.8 Å². The van der Waals surface area contributed by atoms with Crippen molar-refractivity contribution in [3.8, 4) is 0 Å². The minimum Gasteiger partial charge on any atom is -0.391 e. The summed E-state index contributed by atoms with van der Waals surface area (Å²) in [6.45, 7) is 12.6. The highest BCUT2D eigenvalue weighted by atomic mass is 16.3. The third kappa shape index (κ3) is 27.3. The van der Waals surface area contributed by atoms with Crippen molar-refractivity contribution in [2.45, 2.75) is 211 Å². The maximum Gasteiger partial charge on any atom is 0.245 e. The average molecular weight is 1170 g/mol. The van der Waals surface area contributed by atoms with E-state index >= 15 is 0 Å². The second kappa shape index (κ2) is 39.4. The van der Waals surface area contributed by atoms with E-state index in [9.17, 15) is 63.0 Å². The zero-order valence-electron chi connectivity index (χ0n) is 49.4. The molecule has 1 unspecified atom stereocenters.